The maximum Gasteiger partial charge on any atom is 0.697 e. The van der Waals surface area contributed by atoms with Crippen molar-refractivity contribution in [2.75, 3.05) is 7.11 Å². The maximum atomic E-state index is 11.1. The molecule has 5 nitrogen and oxygen atoms in total. The zero-order valence-corrected chi connectivity index (χ0v) is 16.2. The zero-order valence-electron chi connectivity index (χ0n) is 14.3. The number of hydrogen-bond acceptors (Lipinski definition) is 4. The highest BCUT2D eigenvalue weighted by Crippen LogP contribution is 2.39. The Hall–Kier alpha value is -0.783. The molecule has 0 amide bonds. The van der Waals surface area contributed by atoms with Crippen molar-refractivity contribution in [1.29, 1.82) is 0 Å². The lowest BCUT2D eigenvalue weighted by molar-refractivity contribution is 0.000423. The summed E-state index contributed by atoms with van der Waals surface area (Å²) in [5, 5.41) is 0. The van der Waals surface area contributed by atoms with Crippen LogP contribution in [-0.4, -0.2) is 21.0 Å². The molecular formula is C15H25O5PSi+. The zero-order chi connectivity index (χ0) is 17.1. The predicted octanol–water partition coefficient (Wildman–Crippen LogP) is 4.23. The van der Waals surface area contributed by atoms with Gasteiger partial charge >= 0.3 is 8.25 Å². The van der Waals surface area contributed by atoms with Crippen LogP contribution >= 0.6 is 8.25 Å². The summed E-state index contributed by atoms with van der Waals surface area (Å²) in [5.41, 5.74) is 2.75. The molecule has 1 rings (SSSR count). The Labute approximate surface area is 135 Å². The highest BCUT2D eigenvalue weighted by molar-refractivity contribution is 7.32. The minimum atomic E-state index is -2.75. The average molecular weight is 344 g/mol. The molecule has 123 valence electrons. The molecule has 1 aromatic rings. The van der Waals surface area contributed by atoms with Crippen LogP contribution < -0.4 is 4.74 Å². The van der Waals surface area contributed by atoms with E-state index in [2.05, 4.69) is 20.8 Å². The third-order valence-electron chi connectivity index (χ3n) is 3.09. The average Bonchev–Trinajstić information content (AvgIpc) is 2.34. The Balaban J connectivity index is 3.34. The van der Waals surface area contributed by atoms with E-state index in [1.165, 1.54) is 0 Å². The molecule has 0 aliphatic heterocycles. The van der Waals surface area contributed by atoms with Gasteiger partial charge < -0.3 is 9.16 Å². The largest absolute Gasteiger partial charge is 0.697 e. The molecule has 2 unspecified atom stereocenters. The van der Waals surface area contributed by atoms with E-state index in [-0.39, 0.29) is 5.41 Å². The van der Waals surface area contributed by atoms with Gasteiger partial charge in [-0.3, -0.25) is 0 Å². The van der Waals surface area contributed by atoms with Gasteiger partial charge in [0.2, 0.25) is 15.3 Å². The van der Waals surface area contributed by atoms with Crippen LogP contribution in [0.5, 0.6) is 5.75 Å². The van der Waals surface area contributed by atoms with Crippen molar-refractivity contribution in [1.82, 2.24) is 0 Å². The molecule has 0 aliphatic carbocycles. The molecule has 0 saturated carbocycles. The monoisotopic (exact) mass is 344 g/mol. The van der Waals surface area contributed by atoms with Gasteiger partial charge in [-0.05, 0) is 37.1 Å². The summed E-state index contributed by atoms with van der Waals surface area (Å²) in [6.45, 7) is 12.2. The number of ether oxygens (including phenoxy) is 1. The molecular weight excluding hydrogens is 319 g/mol. The Morgan fingerprint density at radius 2 is 1.86 bits per heavy atom. The predicted molar refractivity (Wildman–Crippen MR) is 88.6 cm³/mol. The molecule has 0 spiro atoms. The third-order valence-corrected chi connectivity index (χ3v) is 4.15. The van der Waals surface area contributed by atoms with Gasteiger partial charge in [-0.25, -0.2) is 0 Å². The molecule has 0 fully saturated rings. The number of hydrogen-bond donors (Lipinski definition) is 1. The van der Waals surface area contributed by atoms with Crippen LogP contribution in [0, 0.1) is 6.92 Å². The quantitative estimate of drug-likeness (QED) is 0.475. The first-order valence-electron chi connectivity index (χ1n) is 7.05. The summed E-state index contributed by atoms with van der Waals surface area (Å²) in [4.78, 5) is 9.06. The van der Waals surface area contributed by atoms with E-state index >= 15 is 0 Å². The fraction of sp³-hybridized carbons (Fsp3) is 0.600. The molecule has 0 heterocycles. The van der Waals surface area contributed by atoms with Crippen LogP contribution in [0.25, 0.3) is 0 Å². The van der Waals surface area contributed by atoms with Gasteiger partial charge in [0.25, 0.3) is 0 Å². The van der Waals surface area contributed by atoms with Gasteiger partial charge in [0, 0.05) is 15.7 Å². The van der Waals surface area contributed by atoms with Gasteiger partial charge in [0.1, 0.15) is 5.75 Å². The molecule has 2 atom stereocenters. The SMILES string of the molecule is COc1cc(C(O[Si](C)C)O[P+](=O)O)cc(C)c1C(C)(C)C. The highest BCUT2D eigenvalue weighted by Gasteiger charge is 2.30. The Bertz CT molecular complexity index is 539. The lowest BCUT2D eigenvalue weighted by atomic mass is 9.82. The lowest BCUT2D eigenvalue weighted by Gasteiger charge is -2.26. The number of benzene rings is 1. The number of aryl methyl sites for hydroxylation is 1. The van der Waals surface area contributed by atoms with E-state index in [1.807, 2.05) is 32.2 Å². The molecule has 0 bridgehead atoms. The van der Waals surface area contributed by atoms with Crippen molar-refractivity contribution >= 4 is 17.3 Å². The number of rotatable bonds is 6. The summed E-state index contributed by atoms with van der Waals surface area (Å²) in [6.07, 6.45) is -0.862. The van der Waals surface area contributed by atoms with E-state index in [0.29, 0.717) is 5.56 Å². The molecule has 0 aromatic heterocycles. The minimum absolute atomic E-state index is 0.0717. The van der Waals surface area contributed by atoms with Gasteiger partial charge in [0.15, 0.2) is 0 Å². The molecule has 0 aliphatic rings. The first-order valence-corrected chi connectivity index (χ1v) is 10.6. The van der Waals surface area contributed by atoms with Crippen molar-refractivity contribution in [3.63, 3.8) is 0 Å². The van der Waals surface area contributed by atoms with Crippen LogP contribution in [0.1, 0.15) is 43.8 Å². The second-order valence-electron chi connectivity index (χ2n) is 6.37. The first-order chi connectivity index (χ1) is 10.1. The Morgan fingerprint density at radius 3 is 2.27 bits per heavy atom. The van der Waals surface area contributed by atoms with E-state index in [4.69, 9.17) is 18.6 Å². The Morgan fingerprint density at radius 1 is 1.27 bits per heavy atom. The number of methoxy groups -OCH3 is 1. The first kappa shape index (κ1) is 19.3. The molecule has 7 heteroatoms. The van der Waals surface area contributed by atoms with Gasteiger partial charge in [-0.2, -0.15) is 0 Å². The van der Waals surface area contributed by atoms with Crippen LogP contribution in [0.4, 0.5) is 0 Å². The van der Waals surface area contributed by atoms with E-state index < -0.39 is 23.6 Å². The van der Waals surface area contributed by atoms with Crippen molar-refractivity contribution in [2.45, 2.75) is 52.5 Å². The van der Waals surface area contributed by atoms with Crippen LogP contribution in [0.2, 0.25) is 13.1 Å². The summed E-state index contributed by atoms with van der Waals surface area (Å²) in [5.74, 6) is 0.730. The summed E-state index contributed by atoms with van der Waals surface area (Å²) >= 11 is 0. The molecule has 0 saturated heterocycles. The van der Waals surface area contributed by atoms with Crippen molar-refractivity contribution in [3.8, 4) is 5.75 Å². The van der Waals surface area contributed by atoms with E-state index in [0.717, 1.165) is 16.9 Å². The second-order valence-corrected chi connectivity index (χ2v) is 9.11. The van der Waals surface area contributed by atoms with Crippen molar-refractivity contribution < 1.29 is 23.1 Å². The maximum absolute atomic E-state index is 11.1. The van der Waals surface area contributed by atoms with Gasteiger partial charge in [-0.1, -0.05) is 31.4 Å². The van der Waals surface area contributed by atoms with Crippen molar-refractivity contribution in [3.05, 3.63) is 28.8 Å². The normalized spacial score (nSPS) is 14.1. The van der Waals surface area contributed by atoms with Gasteiger partial charge in [0.05, 0.1) is 7.11 Å². The van der Waals surface area contributed by atoms with Crippen LogP contribution in [-0.2, 0) is 18.9 Å². The molecule has 1 N–H and O–H groups in total. The summed E-state index contributed by atoms with van der Waals surface area (Å²) < 4.78 is 27.3. The van der Waals surface area contributed by atoms with Crippen LogP contribution in [0.3, 0.4) is 0 Å². The Kier molecular flexibility index (Phi) is 6.71. The lowest BCUT2D eigenvalue weighted by Crippen LogP contribution is -2.18. The van der Waals surface area contributed by atoms with Gasteiger partial charge in [-0.15, -0.1) is 4.89 Å². The molecule has 1 radical (unpaired) electrons. The summed E-state index contributed by atoms with van der Waals surface area (Å²) in [6, 6.07) is 3.75. The van der Waals surface area contributed by atoms with Crippen LogP contribution in [0.15, 0.2) is 12.1 Å². The fourth-order valence-electron chi connectivity index (χ4n) is 2.49. The fourth-order valence-corrected chi connectivity index (χ4v) is 3.51. The smallest absolute Gasteiger partial charge is 0.496 e. The highest BCUT2D eigenvalue weighted by atomic mass is 31.1. The summed E-state index contributed by atoms with van der Waals surface area (Å²) in [7, 11) is -2.23. The second kappa shape index (κ2) is 7.66. The topological polar surface area (TPSA) is 65.0 Å². The molecule has 1 aromatic carbocycles. The van der Waals surface area contributed by atoms with E-state index in [9.17, 15) is 4.57 Å². The standard InChI is InChI=1S/C15H24O5PSi/c1-10-8-11(14(19-21(16)17)20-22(6)7)9-12(18-5)13(10)15(2,3)4/h8-9,14H,1-7H3/p+1. The van der Waals surface area contributed by atoms with Crippen molar-refractivity contribution in [2.24, 2.45) is 0 Å². The third kappa shape index (κ3) is 5.14. The molecule has 22 heavy (non-hydrogen) atoms. The minimum Gasteiger partial charge on any atom is -0.496 e. The van der Waals surface area contributed by atoms with E-state index in [1.54, 1.807) is 7.11 Å².